The van der Waals surface area contributed by atoms with E-state index in [2.05, 4.69) is 40.5 Å². The number of fused-ring (bicyclic) bond motifs is 1. The zero-order valence-electron chi connectivity index (χ0n) is 18.5. The van der Waals surface area contributed by atoms with Crippen LogP contribution < -0.4 is 5.32 Å². The summed E-state index contributed by atoms with van der Waals surface area (Å²) in [6.45, 7) is 8.20. The van der Waals surface area contributed by atoms with Gasteiger partial charge in [0.15, 0.2) is 5.76 Å². The molecule has 1 unspecified atom stereocenters. The van der Waals surface area contributed by atoms with Gasteiger partial charge in [-0.2, -0.15) is 0 Å². The molecule has 31 heavy (non-hydrogen) atoms. The molecule has 1 saturated heterocycles. The van der Waals surface area contributed by atoms with Gasteiger partial charge in [0.2, 0.25) is 0 Å². The maximum atomic E-state index is 13.0. The van der Waals surface area contributed by atoms with Gasteiger partial charge in [-0.3, -0.25) is 4.79 Å². The molecule has 164 valence electrons. The quantitative estimate of drug-likeness (QED) is 0.547. The predicted molar refractivity (Wildman–Crippen MR) is 123 cm³/mol. The minimum absolute atomic E-state index is 0.0879. The van der Waals surface area contributed by atoms with Gasteiger partial charge in [-0.25, -0.2) is 0 Å². The fraction of sp³-hybridized carbons (Fsp3) is 0.423. The van der Waals surface area contributed by atoms with Crippen LogP contribution in [0.1, 0.15) is 41.9 Å². The Labute approximate surface area is 184 Å². The fourth-order valence-electron chi connectivity index (χ4n) is 4.21. The maximum absolute atomic E-state index is 13.0. The van der Waals surface area contributed by atoms with Crippen LogP contribution in [0.3, 0.4) is 0 Å². The van der Waals surface area contributed by atoms with Crippen LogP contribution in [0.5, 0.6) is 0 Å². The molecule has 1 aliphatic heterocycles. The first-order valence-corrected chi connectivity index (χ1v) is 11.3. The molecule has 0 saturated carbocycles. The lowest BCUT2D eigenvalue weighted by Crippen LogP contribution is -2.31. The van der Waals surface area contributed by atoms with Crippen molar-refractivity contribution in [2.24, 2.45) is 5.92 Å². The highest BCUT2D eigenvalue weighted by Crippen LogP contribution is 2.27. The van der Waals surface area contributed by atoms with E-state index in [1.54, 1.807) is 0 Å². The highest BCUT2D eigenvalue weighted by atomic mass is 16.5. The molecule has 0 bridgehead atoms. The van der Waals surface area contributed by atoms with Gasteiger partial charge in [0, 0.05) is 30.6 Å². The standard InChI is InChI=1S/C26H32N2O3/c1-19(2)30-18-23-22-10-6-7-11-24(22)31-25(23)26(29)27-16-21-13-15-28(17-21)14-12-20-8-4-3-5-9-20/h3-11,19,21H,12-18H2,1-2H3,(H,27,29). The summed E-state index contributed by atoms with van der Waals surface area (Å²) >= 11 is 0. The number of rotatable bonds is 9. The molecule has 5 nitrogen and oxygen atoms in total. The molecule has 1 amide bonds. The van der Waals surface area contributed by atoms with E-state index in [1.807, 2.05) is 38.1 Å². The number of hydrogen-bond donors (Lipinski definition) is 1. The Kier molecular flexibility index (Phi) is 7.05. The second-order valence-electron chi connectivity index (χ2n) is 8.67. The van der Waals surface area contributed by atoms with Gasteiger partial charge in [-0.15, -0.1) is 0 Å². The van der Waals surface area contributed by atoms with E-state index in [0.717, 1.165) is 49.0 Å². The Hall–Kier alpha value is -2.63. The van der Waals surface area contributed by atoms with Crippen molar-refractivity contribution in [2.75, 3.05) is 26.2 Å². The number of ether oxygens (including phenoxy) is 1. The lowest BCUT2D eigenvalue weighted by molar-refractivity contribution is 0.0643. The van der Waals surface area contributed by atoms with E-state index in [0.29, 0.717) is 24.8 Å². The summed E-state index contributed by atoms with van der Waals surface area (Å²) in [6, 6.07) is 18.4. The molecule has 2 aromatic carbocycles. The summed E-state index contributed by atoms with van der Waals surface area (Å²) in [5.74, 6) is 0.696. The highest BCUT2D eigenvalue weighted by molar-refractivity contribution is 5.99. The SMILES string of the molecule is CC(C)OCc1c(C(=O)NCC2CCN(CCc3ccccc3)C2)oc2ccccc12. The number of para-hydroxylation sites is 1. The van der Waals surface area contributed by atoms with Crippen LogP contribution in [0.2, 0.25) is 0 Å². The molecule has 0 radical (unpaired) electrons. The first kappa shape index (κ1) is 21.6. The number of hydrogen-bond acceptors (Lipinski definition) is 4. The predicted octanol–water partition coefficient (Wildman–Crippen LogP) is 4.65. The molecule has 0 spiro atoms. The van der Waals surface area contributed by atoms with Crippen molar-refractivity contribution in [2.45, 2.75) is 39.4 Å². The van der Waals surface area contributed by atoms with Crippen LogP contribution in [0.15, 0.2) is 59.0 Å². The number of carbonyl (C=O) groups is 1. The van der Waals surface area contributed by atoms with Gasteiger partial charge in [0.1, 0.15) is 5.58 Å². The van der Waals surface area contributed by atoms with Crippen molar-refractivity contribution in [3.8, 4) is 0 Å². The van der Waals surface area contributed by atoms with Crippen LogP contribution in [0.4, 0.5) is 0 Å². The van der Waals surface area contributed by atoms with Crippen molar-refractivity contribution in [3.05, 3.63) is 71.5 Å². The number of amides is 1. The molecular formula is C26H32N2O3. The van der Waals surface area contributed by atoms with Gasteiger partial charge >= 0.3 is 0 Å². The molecular weight excluding hydrogens is 388 g/mol. The smallest absolute Gasteiger partial charge is 0.287 e. The number of nitrogens with one attached hydrogen (secondary N) is 1. The van der Waals surface area contributed by atoms with E-state index in [1.165, 1.54) is 5.56 Å². The van der Waals surface area contributed by atoms with E-state index in [-0.39, 0.29) is 12.0 Å². The Morgan fingerprint density at radius 3 is 2.74 bits per heavy atom. The average Bonchev–Trinajstić information content (AvgIpc) is 3.39. The monoisotopic (exact) mass is 420 g/mol. The van der Waals surface area contributed by atoms with Crippen LogP contribution in [0.25, 0.3) is 11.0 Å². The molecule has 1 atom stereocenters. The Balaban J connectivity index is 1.32. The topological polar surface area (TPSA) is 54.7 Å². The lowest BCUT2D eigenvalue weighted by Gasteiger charge is -2.16. The van der Waals surface area contributed by atoms with Crippen LogP contribution in [-0.4, -0.2) is 43.1 Å². The summed E-state index contributed by atoms with van der Waals surface area (Å²) in [5, 5.41) is 4.05. The normalized spacial score (nSPS) is 16.9. The van der Waals surface area contributed by atoms with Gasteiger partial charge < -0.3 is 19.4 Å². The summed E-state index contributed by atoms with van der Waals surface area (Å²) in [5.41, 5.74) is 2.93. The Bertz CT molecular complexity index is 996. The number of likely N-dealkylation sites (tertiary alicyclic amines) is 1. The summed E-state index contributed by atoms with van der Waals surface area (Å²) in [6.07, 6.45) is 2.27. The highest BCUT2D eigenvalue weighted by Gasteiger charge is 2.25. The molecule has 1 fully saturated rings. The van der Waals surface area contributed by atoms with E-state index < -0.39 is 0 Å². The van der Waals surface area contributed by atoms with Crippen molar-refractivity contribution in [1.29, 1.82) is 0 Å². The molecule has 5 heteroatoms. The lowest BCUT2D eigenvalue weighted by atomic mass is 10.1. The zero-order chi connectivity index (χ0) is 21.6. The van der Waals surface area contributed by atoms with E-state index in [9.17, 15) is 4.79 Å². The molecule has 2 heterocycles. The van der Waals surface area contributed by atoms with Gasteiger partial charge in [0.05, 0.1) is 12.7 Å². The van der Waals surface area contributed by atoms with E-state index in [4.69, 9.17) is 9.15 Å². The molecule has 1 N–H and O–H groups in total. The molecule has 1 aliphatic rings. The van der Waals surface area contributed by atoms with E-state index >= 15 is 0 Å². The van der Waals surface area contributed by atoms with Gasteiger partial charge in [-0.1, -0.05) is 48.5 Å². The van der Waals surface area contributed by atoms with Crippen molar-refractivity contribution < 1.29 is 13.9 Å². The molecule has 4 rings (SSSR count). The third-order valence-corrected chi connectivity index (χ3v) is 5.95. The minimum atomic E-state index is -0.152. The fourth-order valence-corrected chi connectivity index (χ4v) is 4.21. The Morgan fingerprint density at radius 2 is 1.94 bits per heavy atom. The van der Waals surface area contributed by atoms with Crippen LogP contribution in [0, 0.1) is 5.92 Å². The van der Waals surface area contributed by atoms with Crippen molar-refractivity contribution in [3.63, 3.8) is 0 Å². The third kappa shape index (κ3) is 5.54. The number of nitrogens with zero attached hydrogens (tertiary/aromatic N) is 1. The molecule has 3 aromatic rings. The van der Waals surface area contributed by atoms with Crippen LogP contribution in [-0.2, 0) is 17.8 Å². The summed E-state index contributed by atoms with van der Waals surface area (Å²) in [4.78, 5) is 15.4. The van der Waals surface area contributed by atoms with Crippen LogP contribution >= 0.6 is 0 Å². The summed E-state index contributed by atoms with van der Waals surface area (Å²) < 4.78 is 11.7. The van der Waals surface area contributed by atoms with Crippen molar-refractivity contribution >= 4 is 16.9 Å². The average molecular weight is 421 g/mol. The third-order valence-electron chi connectivity index (χ3n) is 5.95. The molecule has 1 aromatic heterocycles. The van der Waals surface area contributed by atoms with Gasteiger partial charge in [0.25, 0.3) is 5.91 Å². The zero-order valence-corrected chi connectivity index (χ0v) is 18.5. The largest absolute Gasteiger partial charge is 0.451 e. The minimum Gasteiger partial charge on any atom is -0.451 e. The first-order chi connectivity index (χ1) is 15.1. The van der Waals surface area contributed by atoms with Crippen molar-refractivity contribution in [1.82, 2.24) is 10.2 Å². The van der Waals surface area contributed by atoms with Gasteiger partial charge in [-0.05, 0) is 50.8 Å². The second kappa shape index (κ2) is 10.1. The second-order valence-corrected chi connectivity index (χ2v) is 8.67. The maximum Gasteiger partial charge on any atom is 0.287 e. The summed E-state index contributed by atoms with van der Waals surface area (Å²) in [7, 11) is 0. The Morgan fingerprint density at radius 1 is 1.16 bits per heavy atom. The number of benzene rings is 2. The first-order valence-electron chi connectivity index (χ1n) is 11.3. The number of carbonyl (C=O) groups excluding carboxylic acids is 1. The molecule has 0 aliphatic carbocycles. The number of furan rings is 1.